The fraction of sp³-hybridized carbons (Fsp3) is 0.417. The summed E-state index contributed by atoms with van der Waals surface area (Å²) in [5.74, 6) is 2.35. The Morgan fingerprint density at radius 2 is 2.12 bits per heavy atom. The fourth-order valence-corrected chi connectivity index (χ4v) is 3.00. The lowest BCUT2D eigenvalue weighted by Crippen LogP contribution is -2.27. The third-order valence-electron chi connectivity index (χ3n) is 3.38. The van der Waals surface area contributed by atoms with E-state index >= 15 is 0 Å². The number of hydrogen-bond acceptors (Lipinski definition) is 3. The van der Waals surface area contributed by atoms with Crippen LogP contribution in [0.1, 0.15) is 24.6 Å². The first-order valence-corrected chi connectivity index (χ1v) is 6.69. The lowest BCUT2D eigenvalue weighted by molar-refractivity contribution is 0.444. The molecule has 4 nitrogen and oxygen atoms in total. The quantitative estimate of drug-likeness (QED) is 0.847. The smallest absolute Gasteiger partial charge is 0.132 e. The minimum atomic E-state index is 0.500. The number of nitrogens with two attached hydrogens (primary N) is 1. The van der Waals surface area contributed by atoms with Crippen molar-refractivity contribution in [1.29, 1.82) is 0 Å². The number of aromatic nitrogens is 2. The molecule has 0 atom stereocenters. The van der Waals surface area contributed by atoms with E-state index in [4.69, 9.17) is 5.73 Å². The molecule has 2 aromatic heterocycles. The van der Waals surface area contributed by atoms with Gasteiger partial charge < -0.3 is 11.1 Å². The van der Waals surface area contributed by atoms with Gasteiger partial charge in [0.15, 0.2) is 0 Å². The maximum atomic E-state index is 6.06. The van der Waals surface area contributed by atoms with E-state index in [1.165, 1.54) is 0 Å². The van der Waals surface area contributed by atoms with Crippen LogP contribution in [0.5, 0.6) is 0 Å². The normalized spacial score (nSPS) is 17.7. The van der Waals surface area contributed by atoms with E-state index in [2.05, 4.69) is 30.6 Å². The molecule has 0 saturated carbocycles. The second-order valence-corrected chi connectivity index (χ2v) is 5.21. The van der Waals surface area contributed by atoms with Gasteiger partial charge in [0.25, 0.3) is 0 Å². The molecule has 17 heavy (non-hydrogen) atoms. The molecule has 0 bridgehead atoms. The van der Waals surface area contributed by atoms with Gasteiger partial charge in [0.2, 0.25) is 0 Å². The van der Waals surface area contributed by atoms with Crippen LogP contribution in [0, 0.1) is 0 Å². The van der Waals surface area contributed by atoms with Gasteiger partial charge in [-0.15, -0.1) is 0 Å². The van der Waals surface area contributed by atoms with Crippen LogP contribution in [0.3, 0.4) is 0 Å². The van der Waals surface area contributed by atoms with E-state index < -0.39 is 0 Å². The van der Waals surface area contributed by atoms with Crippen molar-refractivity contribution in [3.63, 3.8) is 0 Å². The monoisotopic (exact) mass is 294 g/mol. The summed E-state index contributed by atoms with van der Waals surface area (Å²) >= 11 is 3.52. The molecule has 1 aliphatic rings. The predicted molar refractivity (Wildman–Crippen MR) is 72.1 cm³/mol. The molecule has 90 valence electrons. The first-order chi connectivity index (χ1) is 8.27. The van der Waals surface area contributed by atoms with Crippen molar-refractivity contribution in [2.24, 2.45) is 0 Å². The predicted octanol–water partition coefficient (Wildman–Crippen LogP) is 2.15. The van der Waals surface area contributed by atoms with Crippen molar-refractivity contribution in [3.8, 4) is 0 Å². The molecule has 3 rings (SSSR count). The lowest BCUT2D eigenvalue weighted by Gasteiger charge is -2.21. The van der Waals surface area contributed by atoms with E-state index in [1.807, 2.05) is 18.2 Å². The Labute approximate surface area is 108 Å². The molecule has 1 fully saturated rings. The van der Waals surface area contributed by atoms with Gasteiger partial charge in [-0.25, -0.2) is 4.98 Å². The minimum absolute atomic E-state index is 0.500. The summed E-state index contributed by atoms with van der Waals surface area (Å²) in [5.41, 5.74) is 7.12. The van der Waals surface area contributed by atoms with E-state index in [1.54, 1.807) is 0 Å². The van der Waals surface area contributed by atoms with Crippen LogP contribution in [-0.4, -0.2) is 22.5 Å². The van der Waals surface area contributed by atoms with Gasteiger partial charge in [-0.2, -0.15) is 0 Å². The molecule has 3 heterocycles. The molecule has 5 heteroatoms. The number of nitrogens with one attached hydrogen (secondary N) is 1. The molecule has 0 aromatic carbocycles. The molecule has 0 aliphatic carbocycles. The van der Waals surface area contributed by atoms with Crippen LogP contribution >= 0.6 is 15.9 Å². The average Bonchev–Trinajstić information content (AvgIpc) is 2.70. The van der Waals surface area contributed by atoms with Crippen LogP contribution in [0.2, 0.25) is 0 Å². The van der Waals surface area contributed by atoms with Crippen molar-refractivity contribution in [1.82, 2.24) is 14.7 Å². The van der Waals surface area contributed by atoms with E-state index in [0.29, 0.717) is 5.92 Å². The zero-order chi connectivity index (χ0) is 11.8. The number of imidazole rings is 1. The Morgan fingerprint density at radius 1 is 1.35 bits per heavy atom. The number of nitrogen functional groups attached to an aromatic ring is 1. The number of anilines is 1. The second kappa shape index (κ2) is 4.31. The Morgan fingerprint density at radius 3 is 2.88 bits per heavy atom. The van der Waals surface area contributed by atoms with Gasteiger partial charge in [0.05, 0.1) is 5.52 Å². The highest BCUT2D eigenvalue weighted by molar-refractivity contribution is 9.10. The first kappa shape index (κ1) is 11.0. The van der Waals surface area contributed by atoms with E-state index in [9.17, 15) is 0 Å². The standard InChI is InChI=1S/C12H15BrN4/c13-11-9-2-1-3-10(14)17(9)12(16-11)8-4-6-15-7-5-8/h1-3,8,15H,4-7,14H2. The summed E-state index contributed by atoms with van der Waals surface area (Å²) in [6.45, 7) is 2.12. The van der Waals surface area contributed by atoms with Crippen LogP contribution < -0.4 is 11.1 Å². The van der Waals surface area contributed by atoms with Gasteiger partial charge in [-0.1, -0.05) is 6.07 Å². The average molecular weight is 295 g/mol. The second-order valence-electron chi connectivity index (χ2n) is 4.46. The summed E-state index contributed by atoms with van der Waals surface area (Å²) in [4.78, 5) is 4.65. The molecule has 1 saturated heterocycles. The summed E-state index contributed by atoms with van der Waals surface area (Å²) in [7, 11) is 0. The minimum Gasteiger partial charge on any atom is -0.385 e. The Balaban J connectivity index is 2.15. The van der Waals surface area contributed by atoms with E-state index in [0.717, 1.165) is 47.7 Å². The first-order valence-electron chi connectivity index (χ1n) is 5.90. The molecular formula is C12H15BrN4. The topological polar surface area (TPSA) is 55.3 Å². The van der Waals surface area contributed by atoms with Gasteiger partial charge in [0, 0.05) is 5.92 Å². The third-order valence-corrected chi connectivity index (χ3v) is 3.96. The molecular weight excluding hydrogens is 280 g/mol. The number of fused-ring (bicyclic) bond motifs is 1. The highest BCUT2D eigenvalue weighted by atomic mass is 79.9. The SMILES string of the molecule is Nc1cccc2c(Br)nc(C3CCNCC3)n12. The van der Waals surface area contributed by atoms with Gasteiger partial charge in [0.1, 0.15) is 16.2 Å². The Bertz CT molecular complexity index is 543. The van der Waals surface area contributed by atoms with Crippen molar-refractivity contribution < 1.29 is 0 Å². The largest absolute Gasteiger partial charge is 0.385 e. The maximum absolute atomic E-state index is 6.06. The lowest BCUT2D eigenvalue weighted by atomic mass is 9.97. The third kappa shape index (κ3) is 1.83. The number of nitrogens with zero attached hydrogens (tertiary/aromatic N) is 2. The van der Waals surface area contributed by atoms with Crippen LogP contribution in [0.25, 0.3) is 5.52 Å². The zero-order valence-electron chi connectivity index (χ0n) is 9.49. The highest BCUT2D eigenvalue weighted by Crippen LogP contribution is 2.30. The molecule has 0 unspecified atom stereocenters. The highest BCUT2D eigenvalue weighted by Gasteiger charge is 2.22. The molecule has 0 radical (unpaired) electrons. The number of piperidine rings is 1. The summed E-state index contributed by atoms with van der Waals surface area (Å²) in [5, 5.41) is 3.37. The zero-order valence-corrected chi connectivity index (χ0v) is 11.1. The summed E-state index contributed by atoms with van der Waals surface area (Å²) in [6, 6.07) is 5.92. The van der Waals surface area contributed by atoms with Gasteiger partial charge >= 0.3 is 0 Å². The fourth-order valence-electron chi connectivity index (χ4n) is 2.50. The molecule has 3 N–H and O–H groups in total. The number of halogens is 1. The number of pyridine rings is 1. The maximum Gasteiger partial charge on any atom is 0.132 e. The summed E-state index contributed by atoms with van der Waals surface area (Å²) in [6.07, 6.45) is 2.25. The molecule has 0 amide bonds. The van der Waals surface area contributed by atoms with Crippen molar-refractivity contribution >= 4 is 27.3 Å². The van der Waals surface area contributed by atoms with Crippen molar-refractivity contribution in [3.05, 3.63) is 28.6 Å². The van der Waals surface area contributed by atoms with Crippen LogP contribution in [0.4, 0.5) is 5.82 Å². The number of rotatable bonds is 1. The Hall–Kier alpha value is -1.07. The molecule has 1 aliphatic heterocycles. The van der Waals surface area contributed by atoms with Gasteiger partial charge in [-0.3, -0.25) is 4.40 Å². The number of hydrogen-bond donors (Lipinski definition) is 2. The van der Waals surface area contributed by atoms with E-state index in [-0.39, 0.29) is 0 Å². The molecule has 2 aromatic rings. The molecule has 0 spiro atoms. The summed E-state index contributed by atoms with van der Waals surface area (Å²) < 4.78 is 2.96. The van der Waals surface area contributed by atoms with Crippen LogP contribution in [-0.2, 0) is 0 Å². The van der Waals surface area contributed by atoms with Crippen molar-refractivity contribution in [2.45, 2.75) is 18.8 Å². The van der Waals surface area contributed by atoms with Gasteiger partial charge in [-0.05, 0) is 54.0 Å². The van der Waals surface area contributed by atoms with Crippen molar-refractivity contribution in [2.75, 3.05) is 18.8 Å². The van der Waals surface area contributed by atoms with Crippen LogP contribution in [0.15, 0.2) is 22.8 Å². The Kier molecular flexibility index (Phi) is 2.80.